The van der Waals surface area contributed by atoms with Crippen LogP contribution in [0.1, 0.15) is 18.4 Å². The number of carboxylic acid groups (broad SMARTS) is 1. The molecule has 4 rings (SSSR count). The maximum atomic E-state index is 13.3. The largest absolute Gasteiger partial charge is 0.497 e. The quantitative estimate of drug-likeness (QED) is 0.390. The maximum Gasteiger partial charge on any atom is 0.407 e. The van der Waals surface area contributed by atoms with Gasteiger partial charge in [-0.1, -0.05) is 18.2 Å². The van der Waals surface area contributed by atoms with Crippen molar-refractivity contribution < 1.29 is 27.8 Å². The summed E-state index contributed by atoms with van der Waals surface area (Å²) in [4.78, 5) is 21.6. The second-order valence-electron chi connectivity index (χ2n) is 8.42. The van der Waals surface area contributed by atoms with Crippen LogP contribution in [0, 0.1) is 0 Å². The lowest BCUT2D eigenvalue weighted by Crippen LogP contribution is -2.43. The number of amides is 1. The van der Waals surface area contributed by atoms with Crippen molar-refractivity contribution in [1.29, 1.82) is 0 Å². The molecule has 1 aromatic heterocycles. The molecule has 11 nitrogen and oxygen atoms in total. The molecule has 1 aliphatic rings. The van der Waals surface area contributed by atoms with Crippen molar-refractivity contribution in [2.45, 2.75) is 24.5 Å². The molecule has 1 aliphatic heterocycles. The number of likely N-dealkylation sites (tertiary alicyclic amines) is 1. The van der Waals surface area contributed by atoms with E-state index in [4.69, 9.17) is 9.47 Å². The van der Waals surface area contributed by atoms with Crippen molar-refractivity contribution in [3.63, 3.8) is 0 Å². The van der Waals surface area contributed by atoms with E-state index in [-0.39, 0.29) is 37.6 Å². The Balaban J connectivity index is 1.68. The highest BCUT2D eigenvalue weighted by molar-refractivity contribution is 7.93. The van der Waals surface area contributed by atoms with E-state index in [0.717, 1.165) is 5.56 Å². The Morgan fingerprint density at radius 1 is 1.08 bits per heavy atom. The molecule has 3 N–H and O–H groups in total. The highest BCUT2D eigenvalue weighted by Gasteiger charge is 2.32. The number of methoxy groups -OCH3 is 2. The Morgan fingerprint density at radius 3 is 2.36 bits per heavy atom. The van der Waals surface area contributed by atoms with E-state index in [9.17, 15) is 18.3 Å². The average molecular weight is 516 g/mol. The molecule has 1 fully saturated rings. The number of rotatable bonds is 9. The van der Waals surface area contributed by atoms with Crippen molar-refractivity contribution in [3.8, 4) is 5.75 Å². The zero-order valence-electron chi connectivity index (χ0n) is 20.1. The summed E-state index contributed by atoms with van der Waals surface area (Å²) in [6.07, 6.45) is -0.0360. The number of ether oxygens (including phenoxy) is 2. The molecule has 0 bridgehead atoms. The number of nitrogens with zero attached hydrogens (tertiary/aromatic N) is 3. The van der Waals surface area contributed by atoms with Crippen molar-refractivity contribution >= 4 is 44.5 Å². The molecule has 1 amide bonds. The van der Waals surface area contributed by atoms with Crippen LogP contribution in [0.2, 0.25) is 0 Å². The topological polar surface area (TPSA) is 143 Å². The third-order valence-corrected chi connectivity index (χ3v) is 7.93. The Bertz CT molecular complexity index is 1340. The molecule has 192 valence electrons. The summed E-state index contributed by atoms with van der Waals surface area (Å²) in [7, 11) is -0.670. The van der Waals surface area contributed by atoms with Gasteiger partial charge in [0.05, 0.1) is 30.0 Å². The van der Waals surface area contributed by atoms with Crippen LogP contribution in [0.5, 0.6) is 5.75 Å². The first-order valence-corrected chi connectivity index (χ1v) is 13.0. The molecule has 12 heteroatoms. The number of aromatic nitrogens is 2. The monoisotopic (exact) mass is 515 g/mol. The minimum Gasteiger partial charge on any atom is -0.497 e. The first-order chi connectivity index (χ1) is 17.3. The normalized spacial score (nSPS) is 14.6. The van der Waals surface area contributed by atoms with E-state index in [2.05, 4.69) is 20.0 Å². The van der Waals surface area contributed by atoms with Gasteiger partial charge in [0.2, 0.25) is 10.0 Å². The number of benzene rings is 2. The first-order valence-electron chi connectivity index (χ1n) is 11.5. The molecule has 0 spiro atoms. The van der Waals surface area contributed by atoms with Crippen LogP contribution in [0.3, 0.4) is 0 Å². The summed E-state index contributed by atoms with van der Waals surface area (Å²) in [5, 5.41) is 11.7. The van der Waals surface area contributed by atoms with Crippen molar-refractivity contribution in [1.82, 2.24) is 14.9 Å². The summed E-state index contributed by atoms with van der Waals surface area (Å²) < 4.78 is 39.8. The molecule has 0 atom stereocenters. The number of nitrogens with one attached hydrogen (secondary N) is 2. The van der Waals surface area contributed by atoms with Crippen molar-refractivity contribution in [2.24, 2.45) is 0 Å². The van der Waals surface area contributed by atoms with Gasteiger partial charge in [0, 0.05) is 32.0 Å². The van der Waals surface area contributed by atoms with E-state index in [1.54, 1.807) is 32.4 Å². The molecule has 0 aliphatic carbocycles. The summed E-state index contributed by atoms with van der Waals surface area (Å²) in [5.41, 5.74) is 2.75. The fraction of sp³-hybridized carbons (Fsp3) is 0.375. The minimum absolute atomic E-state index is 0.0647. The number of sulfonamides is 1. The van der Waals surface area contributed by atoms with Crippen LogP contribution in [0.25, 0.3) is 11.0 Å². The number of anilines is 3. The number of para-hydroxylation sites is 2. The average Bonchev–Trinajstić information content (AvgIpc) is 2.88. The summed E-state index contributed by atoms with van der Waals surface area (Å²) >= 11 is 0. The highest BCUT2D eigenvalue weighted by atomic mass is 32.2. The molecular formula is C24H29N5O6S. The molecule has 1 saturated heterocycles. The van der Waals surface area contributed by atoms with Crippen LogP contribution in [-0.2, 0) is 21.2 Å². The van der Waals surface area contributed by atoms with E-state index in [0.29, 0.717) is 35.5 Å². The summed E-state index contributed by atoms with van der Waals surface area (Å²) in [6, 6.07) is 12.7. The second-order valence-corrected chi connectivity index (χ2v) is 10.4. The van der Waals surface area contributed by atoms with Crippen molar-refractivity contribution in [2.75, 3.05) is 44.0 Å². The van der Waals surface area contributed by atoms with Crippen LogP contribution in [0.4, 0.5) is 22.1 Å². The fourth-order valence-corrected chi connectivity index (χ4v) is 5.50. The first kappa shape index (κ1) is 25.5. The SMILES string of the molecule is COCCc1ccc(OC)cc1Nc1nc2ccccc2nc1NS(=O)(=O)C1CCN(C(=O)O)CC1. The lowest BCUT2D eigenvalue weighted by molar-refractivity contribution is 0.136. The highest BCUT2D eigenvalue weighted by Crippen LogP contribution is 2.31. The molecule has 0 unspecified atom stereocenters. The number of hydrogen-bond acceptors (Lipinski definition) is 8. The van der Waals surface area contributed by atoms with Crippen molar-refractivity contribution in [3.05, 3.63) is 48.0 Å². The maximum absolute atomic E-state index is 13.3. The summed E-state index contributed by atoms with van der Waals surface area (Å²) in [6.45, 7) is 0.809. The Hall–Kier alpha value is -3.64. The third kappa shape index (κ3) is 5.77. The summed E-state index contributed by atoms with van der Waals surface area (Å²) in [5.74, 6) is 0.932. The van der Waals surface area contributed by atoms with Crippen LogP contribution in [0.15, 0.2) is 42.5 Å². The van der Waals surface area contributed by atoms with Gasteiger partial charge in [-0.2, -0.15) is 0 Å². The number of carbonyl (C=O) groups is 1. The Kier molecular flexibility index (Phi) is 7.75. The lowest BCUT2D eigenvalue weighted by atomic mass is 10.1. The Labute approximate surface area is 209 Å². The molecule has 36 heavy (non-hydrogen) atoms. The zero-order chi connectivity index (χ0) is 25.7. The molecule has 3 aromatic rings. The van der Waals surface area contributed by atoms with Gasteiger partial charge in [-0.05, 0) is 43.0 Å². The second kappa shape index (κ2) is 11.0. The van der Waals surface area contributed by atoms with E-state index in [1.807, 2.05) is 24.3 Å². The van der Waals surface area contributed by atoms with Crippen LogP contribution < -0.4 is 14.8 Å². The van der Waals surface area contributed by atoms with E-state index >= 15 is 0 Å². The van der Waals surface area contributed by atoms with Gasteiger partial charge in [-0.15, -0.1) is 0 Å². The molecule has 2 aromatic carbocycles. The number of fused-ring (bicyclic) bond motifs is 1. The number of hydrogen-bond donors (Lipinski definition) is 3. The van der Waals surface area contributed by atoms with Crippen LogP contribution >= 0.6 is 0 Å². The third-order valence-electron chi connectivity index (χ3n) is 6.11. The predicted octanol–water partition coefficient (Wildman–Crippen LogP) is 3.46. The lowest BCUT2D eigenvalue weighted by Gasteiger charge is -2.29. The predicted molar refractivity (Wildman–Crippen MR) is 137 cm³/mol. The van der Waals surface area contributed by atoms with Gasteiger partial charge in [0.15, 0.2) is 11.6 Å². The molecule has 0 radical (unpaired) electrons. The van der Waals surface area contributed by atoms with Crippen LogP contribution in [-0.4, -0.2) is 73.7 Å². The van der Waals surface area contributed by atoms with Gasteiger partial charge in [0.1, 0.15) is 5.75 Å². The van der Waals surface area contributed by atoms with Gasteiger partial charge in [0.25, 0.3) is 0 Å². The minimum atomic E-state index is -3.86. The smallest absolute Gasteiger partial charge is 0.407 e. The van der Waals surface area contributed by atoms with Gasteiger partial charge < -0.3 is 24.8 Å². The molecular weight excluding hydrogens is 486 g/mol. The van der Waals surface area contributed by atoms with Gasteiger partial charge >= 0.3 is 6.09 Å². The van der Waals surface area contributed by atoms with Gasteiger partial charge in [-0.3, -0.25) is 4.72 Å². The standard InChI is InChI=1S/C24H29N5O6S/c1-34-14-11-16-7-8-17(35-2)15-21(16)27-22-23(26-20-6-4-3-5-19(20)25-22)28-36(32,33)18-9-12-29(13-10-18)24(30)31/h3-8,15,18H,9-14H2,1-2H3,(H,25,27)(H,26,28)(H,30,31). The zero-order valence-corrected chi connectivity index (χ0v) is 20.9. The van der Waals surface area contributed by atoms with E-state index in [1.165, 1.54) is 4.90 Å². The fourth-order valence-electron chi connectivity index (χ4n) is 4.09. The molecule has 2 heterocycles. The number of piperidine rings is 1. The Morgan fingerprint density at radius 2 is 1.75 bits per heavy atom. The molecule has 0 saturated carbocycles. The van der Waals surface area contributed by atoms with Gasteiger partial charge in [-0.25, -0.2) is 23.2 Å². The van der Waals surface area contributed by atoms with E-state index < -0.39 is 21.4 Å².